The van der Waals surface area contributed by atoms with Crippen molar-refractivity contribution < 1.29 is 18.1 Å². The Hall–Kier alpha value is -2.07. The summed E-state index contributed by atoms with van der Waals surface area (Å²) in [7, 11) is -3.88. The van der Waals surface area contributed by atoms with Gasteiger partial charge in [-0.15, -0.1) is 0 Å². The largest absolute Gasteiger partial charge is 0.312 e. The van der Waals surface area contributed by atoms with Crippen LogP contribution in [0.1, 0.15) is 12.0 Å². The van der Waals surface area contributed by atoms with Crippen LogP contribution in [0.3, 0.4) is 0 Å². The lowest BCUT2D eigenvalue weighted by molar-refractivity contribution is -0.384. The first-order valence-electron chi connectivity index (χ1n) is 5.63. The van der Waals surface area contributed by atoms with E-state index in [1.165, 1.54) is 12.3 Å². The van der Waals surface area contributed by atoms with Gasteiger partial charge in [-0.05, 0) is 12.5 Å². The normalized spacial score (nSPS) is 19.4. The van der Waals surface area contributed by atoms with Crippen LogP contribution in [0.4, 0.5) is 11.5 Å². The Morgan fingerprint density at radius 2 is 2.20 bits per heavy atom. The number of carbonyl (C=O) groups excluding carboxylic acids is 1. The third kappa shape index (κ3) is 2.60. The smallest absolute Gasteiger partial charge is 0.290 e. The topological polar surface area (TPSA) is 137 Å². The van der Waals surface area contributed by atoms with Gasteiger partial charge in [-0.3, -0.25) is 19.8 Å². The summed E-state index contributed by atoms with van der Waals surface area (Å²) in [6.07, 6.45) is 1.07. The summed E-state index contributed by atoms with van der Waals surface area (Å²) in [6, 6.07) is 1.28. The molecule has 1 aromatic rings. The van der Waals surface area contributed by atoms with Crippen LogP contribution in [0.25, 0.3) is 0 Å². The molecule has 0 bridgehead atoms. The fraction of sp³-hybridized carbons (Fsp3) is 0.400. The van der Waals surface area contributed by atoms with Crippen molar-refractivity contribution >= 4 is 27.4 Å². The van der Waals surface area contributed by atoms with Gasteiger partial charge in [-0.25, -0.2) is 18.5 Å². The minimum atomic E-state index is -3.88. The molecule has 1 unspecified atom stereocenters. The number of pyridine rings is 1. The van der Waals surface area contributed by atoms with Crippen molar-refractivity contribution in [2.24, 2.45) is 5.14 Å². The maximum Gasteiger partial charge on any atom is 0.312 e. The summed E-state index contributed by atoms with van der Waals surface area (Å²) < 4.78 is 22.5. The van der Waals surface area contributed by atoms with Gasteiger partial charge in [0.2, 0.25) is 21.7 Å². The first-order valence-corrected chi connectivity index (χ1v) is 7.24. The highest BCUT2D eigenvalue weighted by Gasteiger charge is 2.40. The summed E-state index contributed by atoms with van der Waals surface area (Å²) in [5, 5.41) is 14.9. The zero-order valence-corrected chi connectivity index (χ0v) is 11.3. The number of primary sulfonamides is 1. The van der Waals surface area contributed by atoms with Crippen molar-refractivity contribution in [1.29, 1.82) is 0 Å². The molecule has 9 nitrogen and oxygen atoms in total. The highest BCUT2D eigenvalue weighted by Crippen LogP contribution is 2.30. The average Bonchev–Trinajstić information content (AvgIpc) is 2.71. The number of carbonyl (C=O) groups is 1. The Labute approximate surface area is 114 Å². The molecule has 0 radical (unpaired) electrons. The number of sulfonamides is 1. The number of hydrogen-bond donors (Lipinski definition) is 1. The number of anilines is 1. The Morgan fingerprint density at radius 3 is 2.70 bits per heavy atom. The predicted octanol–water partition coefficient (Wildman–Crippen LogP) is -0.308. The summed E-state index contributed by atoms with van der Waals surface area (Å²) in [4.78, 5) is 27.0. The zero-order chi connectivity index (χ0) is 15.1. The molecule has 0 spiro atoms. The number of nitrogens with two attached hydrogens (primary N) is 1. The van der Waals surface area contributed by atoms with Gasteiger partial charge < -0.3 is 0 Å². The number of nitro groups is 1. The van der Waals surface area contributed by atoms with Crippen molar-refractivity contribution in [2.45, 2.75) is 18.6 Å². The Kier molecular flexibility index (Phi) is 3.44. The van der Waals surface area contributed by atoms with Crippen LogP contribution in [0.15, 0.2) is 12.3 Å². The minimum Gasteiger partial charge on any atom is -0.290 e. The predicted molar refractivity (Wildman–Crippen MR) is 69.5 cm³/mol. The third-order valence-corrected chi connectivity index (χ3v) is 4.24. The summed E-state index contributed by atoms with van der Waals surface area (Å²) in [6.45, 7) is 1.40. The van der Waals surface area contributed by atoms with Gasteiger partial charge in [0.25, 0.3) is 0 Å². The van der Waals surface area contributed by atoms with E-state index in [0.29, 0.717) is 5.56 Å². The van der Waals surface area contributed by atoms with Crippen molar-refractivity contribution in [3.05, 3.63) is 27.9 Å². The lowest BCUT2D eigenvalue weighted by atomic mass is 10.2. The summed E-state index contributed by atoms with van der Waals surface area (Å²) >= 11 is 0. The number of amides is 1. The van der Waals surface area contributed by atoms with E-state index in [2.05, 4.69) is 4.98 Å². The molecule has 1 aliphatic rings. The number of nitrogens with zero attached hydrogens (tertiary/aromatic N) is 3. The van der Waals surface area contributed by atoms with Crippen LogP contribution in [0, 0.1) is 17.0 Å². The first kappa shape index (κ1) is 14.3. The van der Waals surface area contributed by atoms with E-state index in [1.807, 2.05) is 0 Å². The van der Waals surface area contributed by atoms with E-state index in [-0.39, 0.29) is 24.5 Å². The fourth-order valence-corrected chi connectivity index (χ4v) is 2.72. The van der Waals surface area contributed by atoms with Crippen LogP contribution in [0.5, 0.6) is 0 Å². The number of aromatic nitrogens is 1. The second-order valence-corrected chi connectivity index (χ2v) is 6.38. The molecule has 108 valence electrons. The van der Waals surface area contributed by atoms with E-state index >= 15 is 0 Å². The van der Waals surface area contributed by atoms with Crippen LogP contribution < -0.4 is 10.0 Å². The van der Waals surface area contributed by atoms with Crippen LogP contribution in [-0.4, -0.2) is 36.0 Å². The van der Waals surface area contributed by atoms with Gasteiger partial charge in [-0.2, -0.15) is 0 Å². The maximum absolute atomic E-state index is 11.8. The lowest BCUT2D eigenvalue weighted by Crippen LogP contribution is -2.32. The third-order valence-electron chi connectivity index (χ3n) is 2.99. The van der Waals surface area contributed by atoms with E-state index < -0.39 is 26.1 Å². The second kappa shape index (κ2) is 4.80. The zero-order valence-electron chi connectivity index (χ0n) is 10.5. The van der Waals surface area contributed by atoms with Crippen molar-refractivity contribution in [3.8, 4) is 0 Å². The molecule has 2 N–H and O–H groups in total. The molecule has 0 aliphatic carbocycles. The van der Waals surface area contributed by atoms with E-state index in [9.17, 15) is 23.3 Å². The van der Waals surface area contributed by atoms with Crippen molar-refractivity contribution in [1.82, 2.24) is 4.98 Å². The molecule has 0 saturated carbocycles. The number of hydrogen-bond acceptors (Lipinski definition) is 6. The van der Waals surface area contributed by atoms with E-state index in [4.69, 9.17) is 5.14 Å². The standard InChI is InChI=1S/C10H12N4O5S/c1-6-2-8(14(16)17)10(12-4-6)13-5-7(3-9(13)15)20(11,18)19/h2,4,7H,3,5H2,1H3,(H2,11,18,19). The summed E-state index contributed by atoms with van der Waals surface area (Å²) in [5.74, 6) is -0.708. The number of aryl methyl sites for hydroxylation is 1. The SMILES string of the molecule is Cc1cnc(N2CC(S(N)(=O)=O)CC2=O)c([N+](=O)[O-])c1. The van der Waals surface area contributed by atoms with Gasteiger partial charge in [0.15, 0.2) is 0 Å². The van der Waals surface area contributed by atoms with Crippen LogP contribution in [0.2, 0.25) is 0 Å². The molecule has 1 atom stereocenters. The highest BCUT2D eigenvalue weighted by molar-refractivity contribution is 7.89. The second-order valence-electron chi connectivity index (χ2n) is 4.53. The van der Waals surface area contributed by atoms with Crippen molar-refractivity contribution in [2.75, 3.05) is 11.4 Å². The van der Waals surface area contributed by atoms with Gasteiger partial charge >= 0.3 is 5.69 Å². The molecule has 2 heterocycles. The highest BCUT2D eigenvalue weighted by atomic mass is 32.2. The molecule has 1 amide bonds. The van der Waals surface area contributed by atoms with Gasteiger partial charge in [-0.1, -0.05) is 0 Å². The van der Waals surface area contributed by atoms with Gasteiger partial charge in [0.05, 0.1) is 4.92 Å². The van der Waals surface area contributed by atoms with Crippen LogP contribution >= 0.6 is 0 Å². The molecule has 2 rings (SSSR count). The monoisotopic (exact) mass is 300 g/mol. The quantitative estimate of drug-likeness (QED) is 0.600. The van der Waals surface area contributed by atoms with Crippen molar-refractivity contribution in [3.63, 3.8) is 0 Å². The Morgan fingerprint density at radius 1 is 1.55 bits per heavy atom. The molecule has 1 aliphatic heterocycles. The lowest BCUT2D eigenvalue weighted by Gasteiger charge is -2.15. The molecular weight excluding hydrogens is 288 g/mol. The molecule has 20 heavy (non-hydrogen) atoms. The molecule has 1 fully saturated rings. The fourth-order valence-electron chi connectivity index (χ4n) is 1.99. The van der Waals surface area contributed by atoms with E-state index in [0.717, 1.165) is 4.90 Å². The summed E-state index contributed by atoms with van der Waals surface area (Å²) in [5.41, 5.74) is 0.225. The molecule has 10 heteroatoms. The average molecular weight is 300 g/mol. The first-order chi connectivity index (χ1) is 9.20. The van der Waals surface area contributed by atoms with Gasteiger partial charge in [0.1, 0.15) is 5.25 Å². The molecule has 0 aromatic carbocycles. The number of rotatable bonds is 3. The maximum atomic E-state index is 11.8. The van der Waals surface area contributed by atoms with E-state index in [1.54, 1.807) is 6.92 Å². The minimum absolute atomic E-state index is 0.156. The molecular formula is C10H12N4O5S. The molecule has 1 saturated heterocycles. The Bertz CT molecular complexity index is 687. The van der Waals surface area contributed by atoms with Crippen LogP contribution in [-0.2, 0) is 14.8 Å². The Balaban J connectivity index is 2.43. The molecule has 1 aromatic heterocycles. The van der Waals surface area contributed by atoms with Gasteiger partial charge in [0, 0.05) is 25.2 Å².